The van der Waals surface area contributed by atoms with Gasteiger partial charge in [0, 0.05) is 20.0 Å². The standard InChI is InChI=1S/C11H12BrFN2O2/c1-14-9(16)5-6-15-11(17)7-3-2-4-8(13)10(7)12/h2-4H,5-6H2,1H3,(H,14,16)(H,15,17). The topological polar surface area (TPSA) is 58.2 Å². The third-order valence-electron chi connectivity index (χ3n) is 2.11. The Balaban J connectivity index is 2.59. The minimum absolute atomic E-state index is 0.123. The van der Waals surface area contributed by atoms with E-state index in [2.05, 4.69) is 26.6 Å². The van der Waals surface area contributed by atoms with Crippen LogP contribution in [-0.2, 0) is 4.79 Å². The van der Waals surface area contributed by atoms with Gasteiger partial charge in [0.25, 0.3) is 5.91 Å². The lowest BCUT2D eigenvalue weighted by atomic mass is 10.2. The van der Waals surface area contributed by atoms with E-state index in [1.807, 2.05) is 0 Å². The third-order valence-corrected chi connectivity index (χ3v) is 2.92. The van der Waals surface area contributed by atoms with Gasteiger partial charge in [-0.05, 0) is 28.1 Å². The maximum absolute atomic E-state index is 13.2. The van der Waals surface area contributed by atoms with Gasteiger partial charge in [-0.3, -0.25) is 9.59 Å². The van der Waals surface area contributed by atoms with E-state index in [0.717, 1.165) is 0 Å². The highest BCUT2D eigenvalue weighted by Crippen LogP contribution is 2.19. The largest absolute Gasteiger partial charge is 0.359 e. The van der Waals surface area contributed by atoms with Crippen molar-refractivity contribution >= 4 is 27.7 Å². The Morgan fingerprint density at radius 1 is 1.41 bits per heavy atom. The van der Waals surface area contributed by atoms with E-state index >= 15 is 0 Å². The van der Waals surface area contributed by atoms with Crippen LogP contribution < -0.4 is 10.6 Å². The first kappa shape index (κ1) is 13.6. The molecule has 4 nitrogen and oxygen atoms in total. The molecule has 0 bridgehead atoms. The molecule has 0 saturated carbocycles. The SMILES string of the molecule is CNC(=O)CCNC(=O)c1cccc(F)c1Br. The van der Waals surface area contributed by atoms with Crippen LogP contribution in [0.2, 0.25) is 0 Å². The van der Waals surface area contributed by atoms with Crippen LogP contribution >= 0.6 is 15.9 Å². The summed E-state index contributed by atoms with van der Waals surface area (Å²) in [6.45, 7) is 0.210. The Kier molecular flexibility index (Phi) is 5.09. The lowest BCUT2D eigenvalue weighted by Crippen LogP contribution is -2.29. The van der Waals surface area contributed by atoms with E-state index in [9.17, 15) is 14.0 Å². The van der Waals surface area contributed by atoms with E-state index in [1.165, 1.54) is 25.2 Å². The van der Waals surface area contributed by atoms with Crippen LogP contribution in [0.3, 0.4) is 0 Å². The Hall–Kier alpha value is -1.43. The molecule has 0 atom stereocenters. The van der Waals surface area contributed by atoms with Gasteiger partial charge in [-0.25, -0.2) is 4.39 Å². The molecule has 92 valence electrons. The Bertz CT molecular complexity index is 437. The Morgan fingerprint density at radius 2 is 2.12 bits per heavy atom. The van der Waals surface area contributed by atoms with Crippen molar-refractivity contribution in [3.8, 4) is 0 Å². The zero-order chi connectivity index (χ0) is 12.8. The average Bonchev–Trinajstić information content (AvgIpc) is 2.32. The molecule has 0 spiro atoms. The summed E-state index contributed by atoms with van der Waals surface area (Å²) < 4.78 is 13.3. The minimum Gasteiger partial charge on any atom is -0.359 e. The molecular formula is C11H12BrFN2O2. The molecule has 17 heavy (non-hydrogen) atoms. The second-order valence-electron chi connectivity index (χ2n) is 3.28. The number of nitrogens with one attached hydrogen (secondary N) is 2. The molecule has 1 aromatic rings. The van der Waals surface area contributed by atoms with Crippen molar-refractivity contribution in [3.05, 3.63) is 34.1 Å². The van der Waals surface area contributed by atoms with E-state index in [-0.39, 0.29) is 28.9 Å². The number of benzene rings is 1. The first-order chi connectivity index (χ1) is 8.06. The smallest absolute Gasteiger partial charge is 0.252 e. The second-order valence-corrected chi connectivity index (χ2v) is 4.07. The fraction of sp³-hybridized carbons (Fsp3) is 0.273. The summed E-state index contributed by atoms with van der Waals surface area (Å²) in [6.07, 6.45) is 0.190. The maximum Gasteiger partial charge on any atom is 0.252 e. The van der Waals surface area contributed by atoms with Gasteiger partial charge in [0.05, 0.1) is 10.0 Å². The molecular weight excluding hydrogens is 291 g/mol. The summed E-state index contributed by atoms with van der Waals surface area (Å²) in [5.41, 5.74) is 0.210. The predicted octanol–water partition coefficient (Wildman–Crippen LogP) is 1.45. The summed E-state index contributed by atoms with van der Waals surface area (Å²) in [4.78, 5) is 22.6. The Morgan fingerprint density at radius 3 is 2.76 bits per heavy atom. The van der Waals surface area contributed by atoms with E-state index in [4.69, 9.17) is 0 Å². The van der Waals surface area contributed by atoms with Gasteiger partial charge < -0.3 is 10.6 Å². The molecule has 0 saturated heterocycles. The molecule has 0 aliphatic carbocycles. The quantitative estimate of drug-likeness (QED) is 0.884. The fourth-order valence-corrected chi connectivity index (χ4v) is 1.63. The van der Waals surface area contributed by atoms with Crippen LogP contribution in [-0.4, -0.2) is 25.4 Å². The number of halogens is 2. The molecule has 2 N–H and O–H groups in total. The summed E-state index contributed by atoms with van der Waals surface area (Å²) in [5.74, 6) is -1.08. The van der Waals surface area contributed by atoms with Gasteiger partial charge in [-0.1, -0.05) is 6.07 Å². The molecule has 0 aliphatic rings. The monoisotopic (exact) mass is 302 g/mol. The number of carbonyl (C=O) groups is 2. The van der Waals surface area contributed by atoms with Crippen molar-refractivity contribution in [2.75, 3.05) is 13.6 Å². The van der Waals surface area contributed by atoms with Crippen molar-refractivity contribution in [2.24, 2.45) is 0 Å². The summed E-state index contributed by atoms with van der Waals surface area (Å²) in [7, 11) is 1.52. The molecule has 1 rings (SSSR count). The van der Waals surface area contributed by atoms with Crippen LogP contribution in [0.4, 0.5) is 4.39 Å². The van der Waals surface area contributed by atoms with Gasteiger partial charge in [0.15, 0.2) is 0 Å². The lowest BCUT2D eigenvalue weighted by Gasteiger charge is -2.06. The van der Waals surface area contributed by atoms with Crippen LogP contribution in [0.5, 0.6) is 0 Å². The fourth-order valence-electron chi connectivity index (χ4n) is 1.19. The number of amides is 2. The zero-order valence-electron chi connectivity index (χ0n) is 9.22. The molecule has 0 radical (unpaired) electrons. The molecule has 1 aromatic carbocycles. The van der Waals surface area contributed by atoms with Gasteiger partial charge in [0.1, 0.15) is 5.82 Å². The van der Waals surface area contributed by atoms with Gasteiger partial charge in [-0.2, -0.15) is 0 Å². The number of rotatable bonds is 4. The second kappa shape index (κ2) is 6.34. The van der Waals surface area contributed by atoms with E-state index < -0.39 is 11.7 Å². The zero-order valence-corrected chi connectivity index (χ0v) is 10.8. The van der Waals surface area contributed by atoms with Crippen molar-refractivity contribution in [2.45, 2.75) is 6.42 Å². The van der Waals surface area contributed by atoms with Gasteiger partial charge in [0.2, 0.25) is 5.91 Å². The summed E-state index contributed by atoms with van der Waals surface area (Å²) >= 11 is 3.00. The van der Waals surface area contributed by atoms with Crippen molar-refractivity contribution in [1.29, 1.82) is 0 Å². The average molecular weight is 303 g/mol. The number of hydrogen-bond donors (Lipinski definition) is 2. The predicted molar refractivity (Wildman–Crippen MR) is 65.1 cm³/mol. The van der Waals surface area contributed by atoms with E-state index in [1.54, 1.807) is 0 Å². The van der Waals surface area contributed by atoms with Crippen LogP contribution in [0.15, 0.2) is 22.7 Å². The normalized spacial score (nSPS) is 9.82. The molecule has 2 amide bonds. The molecule has 0 unspecified atom stereocenters. The number of carbonyl (C=O) groups excluding carboxylic acids is 2. The highest BCUT2D eigenvalue weighted by atomic mass is 79.9. The maximum atomic E-state index is 13.2. The molecule has 6 heteroatoms. The van der Waals surface area contributed by atoms with Gasteiger partial charge in [-0.15, -0.1) is 0 Å². The first-order valence-corrected chi connectivity index (χ1v) is 5.78. The van der Waals surface area contributed by atoms with Crippen LogP contribution in [0, 0.1) is 5.82 Å². The van der Waals surface area contributed by atoms with Crippen molar-refractivity contribution < 1.29 is 14.0 Å². The van der Waals surface area contributed by atoms with Crippen molar-refractivity contribution in [3.63, 3.8) is 0 Å². The third kappa shape index (κ3) is 3.81. The summed E-state index contributed by atoms with van der Waals surface area (Å²) in [6, 6.07) is 4.21. The summed E-state index contributed by atoms with van der Waals surface area (Å²) in [5, 5.41) is 4.98. The van der Waals surface area contributed by atoms with Gasteiger partial charge >= 0.3 is 0 Å². The lowest BCUT2D eigenvalue weighted by molar-refractivity contribution is -0.120. The van der Waals surface area contributed by atoms with E-state index in [0.29, 0.717) is 0 Å². The molecule has 0 aromatic heterocycles. The molecule has 0 heterocycles. The Labute approximate surface area is 107 Å². The highest BCUT2D eigenvalue weighted by molar-refractivity contribution is 9.10. The first-order valence-electron chi connectivity index (χ1n) is 4.99. The van der Waals surface area contributed by atoms with Crippen LogP contribution in [0.25, 0.3) is 0 Å². The molecule has 0 fully saturated rings. The van der Waals surface area contributed by atoms with Crippen molar-refractivity contribution in [1.82, 2.24) is 10.6 Å². The van der Waals surface area contributed by atoms with Crippen LogP contribution in [0.1, 0.15) is 16.8 Å². The highest BCUT2D eigenvalue weighted by Gasteiger charge is 2.12. The molecule has 0 aliphatic heterocycles. The minimum atomic E-state index is -0.496. The number of hydrogen-bond acceptors (Lipinski definition) is 2.